The van der Waals surface area contributed by atoms with Crippen molar-refractivity contribution in [3.63, 3.8) is 0 Å². The van der Waals surface area contributed by atoms with Gasteiger partial charge in [0, 0.05) is 25.8 Å². The van der Waals surface area contributed by atoms with E-state index in [1.165, 1.54) is 6.42 Å². The number of hydrogen-bond donors (Lipinski definition) is 1. The molecule has 1 aromatic heterocycles. The van der Waals surface area contributed by atoms with E-state index < -0.39 is 0 Å². The molecule has 1 aromatic rings. The third-order valence-corrected chi connectivity index (χ3v) is 2.73. The number of rotatable bonds is 3. The lowest BCUT2D eigenvalue weighted by Gasteiger charge is -2.20. The standard InChI is InChI=1S/C9H16N4O/c1-12-5-8(10-11-12)6-13-4-2-3-9(13)7-14/h5,9,14H,2-4,6-7H2,1H3. The van der Waals surface area contributed by atoms with Gasteiger partial charge in [-0.05, 0) is 19.4 Å². The SMILES string of the molecule is Cn1cc(CN2CCCC2CO)nn1. The van der Waals surface area contributed by atoms with E-state index in [1.807, 2.05) is 13.2 Å². The molecule has 2 heterocycles. The highest BCUT2D eigenvalue weighted by Crippen LogP contribution is 2.18. The molecule has 1 fully saturated rings. The summed E-state index contributed by atoms with van der Waals surface area (Å²) < 4.78 is 1.71. The van der Waals surface area contributed by atoms with Crippen LogP contribution in [-0.2, 0) is 13.6 Å². The van der Waals surface area contributed by atoms with Gasteiger partial charge in [-0.25, -0.2) is 0 Å². The third-order valence-electron chi connectivity index (χ3n) is 2.73. The molecule has 1 saturated heterocycles. The summed E-state index contributed by atoms with van der Waals surface area (Å²) in [6.45, 7) is 2.11. The Bertz CT molecular complexity index is 299. The third kappa shape index (κ3) is 1.93. The molecule has 1 unspecified atom stereocenters. The van der Waals surface area contributed by atoms with Crippen molar-refractivity contribution < 1.29 is 5.11 Å². The van der Waals surface area contributed by atoms with Crippen molar-refractivity contribution in [2.75, 3.05) is 13.2 Å². The molecule has 2 rings (SSSR count). The summed E-state index contributed by atoms with van der Waals surface area (Å²) in [7, 11) is 1.87. The lowest BCUT2D eigenvalue weighted by Crippen LogP contribution is -2.31. The maximum absolute atomic E-state index is 9.14. The number of aryl methyl sites for hydroxylation is 1. The second kappa shape index (κ2) is 4.06. The van der Waals surface area contributed by atoms with E-state index in [9.17, 15) is 0 Å². The predicted octanol–water partition coefficient (Wildman–Crippen LogP) is -0.228. The fourth-order valence-electron chi connectivity index (χ4n) is 1.99. The van der Waals surface area contributed by atoms with E-state index in [0.717, 1.165) is 25.2 Å². The fourth-order valence-corrected chi connectivity index (χ4v) is 1.99. The van der Waals surface area contributed by atoms with E-state index in [0.29, 0.717) is 6.04 Å². The van der Waals surface area contributed by atoms with Gasteiger partial charge >= 0.3 is 0 Å². The van der Waals surface area contributed by atoms with Crippen LogP contribution in [0.2, 0.25) is 0 Å². The van der Waals surface area contributed by atoms with Crippen LogP contribution < -0.4 is 0 Å². The summed E-state index contributed by atoms with van der Waals surface area (Å²) >= 11 is 0. The van der Waals surface area contributed by atoms with Crippen molar-refractivity contribution in [1.29, 1.82) is 0 Å². The minimum Gasteiger partial charge on any atom is -0.395 e. The van der Waals surface area contributed by atoms with Gasteiger partial charge in [0.2, 0.25) is 0 Å². The van der Waals surface area contributed by atoms with Crippen LogP contribution in [0.4, 0.5) is 0 Å². The first-order chi connectivity index (χ1) is 6.79. The van der Waals surface area contributed by atoms with Gasteiger partial charge in [-0.3, -0.25) is 9.58 Å². The van der Waals surface area contributed by atoms with Crippen molar-refractivity contribution in [2.24, 2.45) is 7.05 Å². The Labute approximate surface area is 83.3 Å². The molecule has 78 valence electrons. The topological polar surface area (TPSA) is 54.2 Å². The molecule has 5 heteroatoms. The number of nitrogens with zero attached hydrogens (tertiary/aromatic N) is 4. The number of hydrogen-bond acceptors (Lipinski definition) is 4. The van der Waals surface area contributed by atoms with Gasteiger partial charge in [-0.2, -0.15) is 0 Å². The molecule has 0 bridgehead atoms. The van der Waals surface area contributed by atoms with E-state index in [2.05, 4.69) is 15.2 Å². The Hall–Kier alpha value is -0.940. The summed E-state index contributed by atoms with van der Waals surface area (Å²) in [5.41, 5.74) is 0.979. The summed E-state index contributed by atoms with van der Waals surface area (Å²) in [6.07, 6.45) is 4.19. The highest BCUT2D eigenvalue weighted by molar-refractivity contribution is 4.94. The van der Waals surface area contributed by atoms with Crippen LogP contribution in [0, 0.1) is 0 Å². The average molecular weight is 196 g/mol. The van der Waals surface area contributed by atoms with Crippen LogP contribution in [0.3, 0.4) is 0 Å². The lowest BCUT2D eigenvalue weighted by molar-refractivity contribution is 0.152. The first kappa shape index (κ1) is 9.61. The number of likely N-dealkylation sites (tertiary alicyclic amines) is 1. The van der Waals surface area contributed by atoms with Crippen molar-refractivity contribution in [3.8, 4) is 0 Å². The smallest absolute Gasteiger partial charge is 0.0967 e. The Morgan fingerprint density at radius 3 is 3.14 bits per heavy atom. The maximum Gasteiger partial charge on any atom is 0.0967 e. The number of aromatic nitrogens is 3. The summed E-state index contributed by atoms with van der Waals surface area (Å²) in [5, 5.41) is 17.1. The quantitative estimate of drug-likeness (QED) is 0.725. The fraction of sp³-hybridized carbons (Fsp3) is 0.778. The maximum atomic E-state index is 9.14. The largest absolute Gasteiger partial charge is 0.395 e. The molecule has 0 spiro atoms. The van der Waals surface area contributed by atoms with Crippen molar-refractivity contribution in [2.45, 2.75) is 25.4 Å². The van der Waals surface area contributed by atoms with Crippen molar-refractivity contribution in [3.05, 3.63) is 11.9 Å². The molecule has 0 aliphatic carbocycles. The van der Waals surface area contributed by atoms with Crippen LogP contribution in [0.25, 0.3) is 0 Å². The average Bonchev–Trinajstić information content (AvgIpc) is 2.76. The van der Waals surface area contributed by atoms with Gasteiger partial charge in [-0.15, -0.1) is 5.10 Å². The van der Waals surface area contributed by atoms with Gasteiger partial charge in [0.25, 0.3) is 0 Å². The molecule has 14 heavy (non-hydrogen) atoms. The molecule has 0 radical (unpaired) electrons. The highest BCUT2D eigenvalue weighted by Gasteiger charge is 2.24. The second-order valence-corrected chi connectivity index (χ2v) is 3.83. The van der Waals surface area contributed by atoms with Gasteiger partial charge in [-0.1, -0.05) is 5.21 Å². The van der Waals surface area contributed by atoms with Crippen molar-refractivity contribution in [1.82, 2.24) is 19.9 Å². The number of aliphatic hydroxyl groups excluding tert-OH is 1. The Morgan fingerprint density at radius 2 is 2.50 bits per heavy atom. The van der Waals surface area contributed by atoms with E-state index in [4.69, 9.17) is 5.11 Å². The molecule has 1 N–H and O–H groups in total. The lowest BCUT2D eigenvalue weighted by atomic mass is 10.2. The molecule has 1 atom stereocenters. The van der Waals surface area contributed by atoms with E-state index in [-0.39, 0.29) is 6.61 Å². The first-order valence-electron chi connectivity index (χ1n) is 4.99. The van der Waals surface area contributed by atoms with Crippen LogP contribution in [0.15, 0.2) is 6.20 Å². The minimum absolute atomic E-state index is 0.250. The predicted molar refractivity (Wildman–Crippen MR) is 51.5 cm³/mol. The van der Waals surface area contributed by atoms with Crippen molar-refractivity contribution >= 4 is 0 Å². The molecule has 0 aromatic carbocycles. The molecule has 0 saturated carbocycles. The summed E-state index contributed by atoms with van der Waals surface area (Å²) in [4.78, 5) is 2.27. The molecule has 1 aliphatic rings. The summed E-state index contributed by atoms with van der Waals surface area (Å²) in [5.74, 6) is 0. The van der Waals surface area contributed by atoms with Gasteiger partial charge in [0.1, 0.15) is 0 Å². The normalized spacial score (nSPS) is 23.1. The molecular weight excluding hydrogens is 180 g/mol. The second-order valence-electron chi connectivity index (χ2n) is 3.83. The zero-order valence-corrected chi connectivity index (χ0v) is 8.43. The molecule has 5 nitrogen and oxygen atoms in total. The van der Waals surface area contributed by atoms with Gasteiger partial charge in [0.15, 0.2) is 0 Å². The highest BCUT2D eigenvalue weighted by atomic mass is 16.3. The monoisotopic (exact) mass is 196 g/mol. The van der Waals surface area contributed by atoms with Crippen LogP contribution in [0.1, 0.15) is 18.5 Å². The zero-order chi connectivity index (χ0) is 9.97. The van der Waals surface area contributed by atoms with Crippen LogP contribution in [-0.4, -0.2) is 44.2 Å². The number of aliphatic hydroxyl groups is 1. The Balaban J connectivity index is 1.96. The van der Waals surface area contributed by atoms with Gasteiger partial charge in [0.05, 0.1) is 12.3 Å². The summed E-state index contributed by atoms with van der Waals surface area (Å²) in [6, 6.07) is 0.317. The van der Waals surface area contributed by atoms with E-state index >= 15 is 0 Å². The van der Waals surface area contributed by atoms with E-state index in [1.54, 1.807) is 4.68 Å². The first-order valence-corrected chi connectivity index (χ1v) is 4.99. The van der Waals surface area contributed by atoms with Gasteiger partial charge < -0.3 is 5.11 Å². The van der Waals surface area contributed by atoms with Crippen LogP contribution >= 0.6 is 0 Å². The minimum atomic E-state index is 0.250. The molecule has 0 amide bonds. The molecule has 1 aliphatic heterocycles. The van der Waals surface area contributed by atoms with Crippen LogP contribution in [0.5, 0.6) is 0 Å². The Morgan fingerprint density at radius 1 is 1.64 bits per heavy atom. The molecular formula is C9H16N4O. The zero-order valence-electron chi connectivity index (χ0n) is 8.43. The Kier molecular flexibility index (Phi) is 2.79.